The van der Waals surface area contributed by atoms with Gasteiger partial charge in [-0.05, 0) is 12.1 Å². The SMILES string of the molecule is COC(=O)c1ccc(S(=O)(=O)N(C)C)n1C. The summed E-state index contributed by atoms with van der Waals surface area (Å²) in [7, 11) is 2.07. The van der Waals surface area contributed by atoms with E-state index < -0.39 is 16.0 Å². The highest BCUT2D eigenvalue weighted by Crippen LogP contribution is 2.16. The van der Waals surface area contributed by atoms with E-state index in [9.17, 15) is 13.2 Å². The first-order valence-electron chi connectivity index (χ1n) is 4.49. The predicted octanol–water partition coefficient (Wildman–Crippen LogP) is 0.0620. The topological polar surface area (TPSA) is 68.6 Å². The molecular weight excluding hydrogens is 232 g/mol. The van der Waals surface area contributed by atoms with Crippen LogP contribution >= 0.6 is 0 Å². The Labute approximate surface area is 94.5 Å². The van der Waals surface area contributed by atoms with Crippen molar-refractivity contribution in [3.05, 3.63) is 17.8 Å². The molecule has 90 valence electrons. The zero-order chi connectivity index (χ0) is 12.5. The van der Waals surface area contributed by atoms with Gasteiger partial charge in [-0.25, -0.2) is 17.5 Å². The van der Waals surface area contributed by atoms with E-state index in [4.69, 9.17) is 0 Å². The molecule has 1 rings (SSSR count). The Morgan fingerprint density at radius 2 is 1.94 bits per heavy atom. The number of carbonyl (C=O) groups excluding carboxylic acids is 1. The highest BCUT2D eigenvalue weighted by Gasteiger charge is 2.24. The Morgan fingerprint density at radius 3 is 2.38 bits per heavy atom. The van der Waals surface area contributed by atoms with Crippen molar-refractivity contribution in [2.75, 3.05) is 21.2 Å². The van der Waals surface area contributed by atoms with E-state index in [1.165, 1.54) is 45.0 Å². The largest absolute Gasteiger partial charge is 0.464 e. The van der Waals surface area contributed by atoms with Gasteiger partial charge in [-0.2, -0.15) is 0 Å². The summed E-state index contributed by atoms with van der Waals surface area (Å²) in [4.78, 5) is 11.3. The zero-order valence-electron chi connectivity index (χ0n) is 9.59. The predicted molar refractivity (Wildman–Crippen MR) is 57.6 cm³/mol. The summed E-state index contributed by atoms with van der Waals surface area (Å²) in [5.74, 6) is -0.567. The number of carbonyl (C=O) groups is 1. The number of rotatable bonds is 3. The highest BCUT2D eigenvalue weighted by molar-refractivity contribution is 7.89. The Kier molecular flexibility index (Phi) is 3.39. The van der Waals surface area contributed by atoms with Gasteiger partial charge in [0.25, 0.3) is 10.0 Å². The molecule has 16 heavy (non-hydrogen) atoms. The van der Waals surface area contributed by atoms with E-state index in [0.717, 1.165) is 4.31 Å². The second-order valence-electron chi connectivity index (χ2n) is 3.39. The summed E-state index contributed by atoms with van der Waals surface area (Å²) in [6.07, 6.45) is 0. The lowest BCUT2D eigenvalue weighted by Gasteiger charge is -2.12. The normalized spacial score (nSPS) is 11.8. The van der Waals surface area contributed by atoms with Crippen LogP contribution in [0.5, 0.6) is 0 Å². The van der Waals surface area contributed by atoms with Crippen LogP contribution in [0.25, 0.3) is 0 Å². The zero-order valence-corrected chi connectivity index (χ0v) is 10.4. The van der Waals surface area contributed by atoms with Crippen LogP contribution in [0.15, 0.2) is 17.2 Å². The average molecular weight is 246 g/mol. The van der Waals surface area contributed by atoms with Crippen LogP contribution in [0.1, 0.15) is 10.5 Å². The van der Waals surface area contributed by atoms with Crippen LogP contribution in [-0.2, 0) is 21.8 Å². The molecule has 1 aromatic heterocycles. The molecule has 0 aliphatic heterocycles. The number of nitrogens with zero attached hydrogens (tertiary/aromatic N) is 2. The number of ether oxygens (including phenoxy) is 1. The van der Waals surface area contributed by atoms with Gasteiger partial charge in [0.1, 0.15) is 5.69 Å². The Balaban J connectivity index is 3.31. The number of hydrogen-bond donors (Lipinski definition) is 0. The van der Waals surface area contributed by atoms with Crippen molar-refractivity contribution in [3.63, 3.8) is 0 Å². The molecule has 0 saturated carbocycles. The van der Waals surface area contributed by atoms with Crippen LogP contribution in [0.2, 0.25) is 0 Å². The Morgan fingerprint density at radius 1 is 1.38 bits per heavy atom. The second kappa shape index (κ2) is 4.26. The van der Waals surface area contributed by atoms with Gasteiger partial charge >= 0.3 is 5.97 Å². The monoisotopic (exact) mass is 246 g/mol. The summed E-state index contributed by atoms with van der Waals surface area (Å²) in [6, 6.07) is 2.80. The lowest BCUT2D eigenvalue weighted by Crippen LogP contribution is -2.25. The third-order valence-electron chi connectivity index (χ3n) is 2.22. The van der Waals surface area contributed by atoms with Gasteiger partial charge < -0.3 is 9.30 Å². The van der Waals surface area contributed by atoms with Crippen molar-refractivity contribution in [1.82, 2.24) is 8.87 Å². The third kappa shape index (κ3) is 1.96. The number of aromatic nitrogens is 1. The minimum absolute atomic E-state index is 0.0536. The molecule has 0 saturated heterocycles. The maximum Gasteiger partial charge on any atom is 0.354 e. The van der Waals surface area contributed by atoms with Gasteiger partial charge in [0.2, 0.25) is 0 Å². The standard InChI is InChI=1S/C9H14N2O4S/c1-10(2)16(13,14)8-6-5-7(11(8)3)9(12)15-4/h5-6H,1-4H3. The second-order valence-corrected chi connectivity index (χ2v) is 5.49. The average Bonchev–Trinajstić information content (AvgIpc) is 2.59. The molecule has 7 heteroatoms. The Hall–Kier alpha value is -1.34. The van der Waals surface area contributed by atoms with Gasteiger partial charge in [0.05, 0.1) is 7.11 Å². The fourth-order valence-electron chi connectivity index (χ4n) is 1.25. The minimum Gasteiger partial charge on any atom is -0.464 e. The lowest BCUT2D eigenvalue weighted by atomic mass is 10.4. The van der Waals surface area contributed by atoms with E-state index in [1.807, 2.05) is 0 Å². The van der Waals surface area contributed by atoms with Crippen molar-refractivity contribution in [2.45, 2.75) is 5.03 Å². The maximum absolute atomic E-state index is 11.8. The van der Waals surface area contributed by atoms with E-state index in [-0.39, 0.29) is 10.7 Å². The van der Waals surface area contributed by atoms with Gasteiger partial charge in [0.15, 0.2) is 5.03 Å². The fraction of sp³-hybridized carbons (Fsp3) is 0.444. The number of hydrogen-bond acceptors (Lipinski definition) is 4. The van der Waals surface area contributed by atoms with Crippen molar-refractivity contribution in [2.24, 2.45) is 7.05 Å². The molecule has 0 bridgehead atoms. The van der Waals surface area contributed by atoms with Crippen LogP contribution in [0.3, 0.4) is 0 Å². The first-order chi connectivity index (χ1) is 7.32. The molecule has 1 aromatic rings. The molecule has 0 aromatic carbocycles. The highest BCUT2D eigenvalue weighted by atomic mass is 32.2. The summed E-state index contributed by atoms with van der Waals surface area (Å²) in [5.41, 5.74) is 0.197. The molecule has 0 N–H and O–H groups in total. The molecule has 0 aliphatic carbocycles. The molecule has 0 spiro atoms. The maximum atomic E-state index is 11.8. The molecule has 1 heterocycles. The van der Waals surface area contributed by atoms with Gasteiger partial charge in [-0.3, -0.25) is 0 Å². The van der Waals surface area contributed by atoms with Crippen LogP contribution < -0.4 is 0 Å². The molecule has 6 nitrogen and oxygen atoms in total. The molecule has 0 aliphatic rings. The molecule has 0 unspecified atom stereocenters. The summed E-state index contributed by atoms with van der Waals surface area (Å²) >= 11 is 0. The van der Waals surface area contributed by atoms with E-state index >= 15 is 0 Å². The molecule has 0 amide bonds. The van der Waals surface area contributed by atoms with Crippen molar-refractivity contribution >= 4 is 16.0 Å². The minimum atomic E-state index is -3.54. The van der Waals surface area contributed by atoms with Crippen molar-refractivity contribution < 1.29 is 17.9 Å². The van der Waals surface area contributed by atoms with E-state index in [1.54, 1.807) is 0 Å². The van der Waals surface area contributed by atoms with Crippen LogP contribution in [0, 0.1) is 0 Å². The fourth-order valence-corrected chi connectivity index (χ4v) is 2.31. The summed E-state index contributed by atoms with van der Waals surface area (Å²) in [5, 5.41) is 0.0536. The van der Waals surface area contributed by atoms with Crippen LogP contribution in [0.4, 0.5) is 0 Å². The summed E-state index contributed by atoms with van der Waals surface area (Å²) < 4.78 is 30.6. The van der Waals surface area contributed by atoms with Crippen molar-refractivity contribution in [1.29, 1.82) is 0 Å². The van der Waals surface area contributed by atoms with E-state index in [0.29, 0.717) is 0 Å². The Bertz CT molecular complexity index is 502. The molecule has 0 radical (unpaired) electrons. The number of sulfonamides is 1. The van der Waals surface area contributed by atoms with Crippen molar-refractivity contribution in [3.8, 4) is 0 Å². The first-order valence-corrected chi connectivity index (χ1v) is 5.93. The lowest BCUT2D eigenvalue weighted by molar-refractivity contribution is 0.0589. The number of esters is 1. The van der Waals surface area contributed by atoms with E-state index in [2.05, 4.69) is 4.74 Å². The molecule has 0 atom stereocenters. The molecule has 0 fully saturated rings. The summed E-state index contributed by atoms with van der Waals surface area (Å²) in [6.45, 7) is 0. The number of methoxy groups -OCH3 is 1. The van der Waals surface area contributed by atoms with Crippen LogP contribution in [-0.4, -0.2) is 44.5 Å². The molecular formula is C9H14N2O4S. The van der Waals surface area contributed by atoms with Gasteiger partial charge in [-0.15, -0.1) is 0 Å². The first kappa shape index (κ1) is 12.7. The van der Waals surface area contributed by atoms with Gasteiger partial charge in [0, 0.05) is 21.1 Å². The third-order valence-corrected chi connectivity index (χ3v) is 4.12. The smallest absolute Gasteiger partial charge is 0.354 e. The quantitative estimate of drug-likeness (QED) is 0.707. The van der Waals surface area contributed by atoms with Gasteiger partial charge in [-0.1, -0.05) is 0 Å².